The maximum Gasteiger partial charge on any atom is 0.234 e. The highest BCUT2D eigenvalue weighted by molar-refractivity contribution is 7.99. The molecule has 2 aromatic carbocycles. The molecule has 156 valence electrons. The number of rotatable bonds is 8. The van der Waals surface area contributed by atoms with Gasteiger partial charge in [-0.15, -0.1) is 10.2 Å². The van der Waals surface area contributed by atoms with E-state index in [0.717, 1.165) is 11.3 Å². The highest BCUT2D eigenvalue weighted by Crippen LogP contribution is 2.19. The Balaban J connectivity index is 1.57. The van der Waals surface area contributed by atoms with Crippen LogP contribution in [0.4, 0.5) is 15.8 Å². The Hall–Kier alpha value is -3.20. The highest BCUT2D eigenvalue weighted by atomic mass is 32.2. The van der Waals surface area contributed by atoms with Crippen LogP contribution in [0.5, 0.6) is 0 Å². The second-order valence-corrected chi connectivity index (χ2v) is 7.52. The molecule has 0 atom stereocenters. The van der Waals surface area contributed by atoms with Crippen LogP contribution < -0.4 is 10.6 Å². The molecule has 0 saturated carbocycles. The molecule has 0 aliphatic rings. The number of aromatic nitrogens is 3. The Bertz CT molecular complexity index is 1040. The van der Waals surface area contributed by atoms with Crippen molar-refractivity contribution in [2.24, 2.45) is 0 Å². The third kappa shape index (κ3) is 5.90. The van der Waals surface area contributed by atoms with Gasteiger partial charge in [-0.3, -0.25) is 9.59 Å². The van der Waals surface area contributed by atoms with Crippen molar-refractivity contribution in [2.75, 3.05) is 16.4 Å². The third-order valence-electron chi connectivity index (χ3n) is 4.20. The summed E-state index contributed by atoms with van der Waals surface area (Å²) >= 11 is 1.21. The predicted molar refractivity (Wildman–Crippen MR) is 115 cm³/mol. The maximum absolute atomic E-state index is 13.2. The predicted octanol–water partition coefficient (Wildman–Crippen LogP) is 3.66. The summed E-state index contributed by atoms with van der Waals surface area (Å²) < 4.78 is 15.0. The first kappa shape index (κ1) is 21.5. The number of halogens is 1. The summed E-state index contributed by atoms with van der Waals surface area (Å²) in [5.41, 5.74) is 2.23. The van der Waals surface area contributed by atoms with Gasteiger partial charge in [-0.05, 0) is 44.2 Å². The molecule has 3 rings (SSSR count). The summed E-state index contributed by atoms with van der Waals surface area (Å²) in [6.07, 6.45) is 0.0742. The van der Waals surface area contributed by atoms with Crippen molar-refractivity contribution >= 4 is 35.0 Å². The first-order valence-corrected chi connectivity index (χ1v) is 10.4. The van der Waals surface area contributed by atoms with Gasteiger partial charge in [0.15, 0.2) is 5.16 Å². The highest BCUT2D eigenvalue weighted by Gasteiger charge is 2.16. The molecular formula is C21H22FN5O2S. The zero-order valence-electron chi connectivity index (χ0n) is 16.7. The minimum Gasteiger partial charge on any atom is -0.326 e. The average molecular weight is 428 g/mol. The number of nitrogens with zero attached hydrogens (tertiary/aromatic N) is 3. The van der Waals surface area contributed by atoms with Crippen LogP contribution in [0.25, 0.3) is 0 Å². The normalized spacial score (nSPS) is 10.6. The van der Waals surface area contributed by atoms with E-state index in [1.165, 1.54) is 30.0 Å². The molecule has 0 radical (unpaired) electrons. The largest absolute Gasteiger partial charge is 0.326 e. The van der Waals surface area contributed by atoms with Crippen molar-refractivity contribution in [1.29, 1.82) is 0 Å². The van der Waals surface area contributed by atoms with Gasteiger partial charge in [-0.1, -0.05) is 35.5 Å². The second kappa shape index (κ2) is 10.0. The van der Waals surface area contributed by atoms with Gasteiger partial charge in [-0.25, -0.2) is 4.39 Å². The zero-order valence-corrected chi connectivity index (χ0v) is 17.5. The van der Waals surface area contributed by atoms with Gasteiger partial charge in [0, 0.05) is 17.9 Å². The Morgan fingerprint density at radius 2 is 1.77 bits per heavy atom. The molecule has 1 heterocycles. The van der Waals surface area contributed by atoms with E-state index in [1.54, 1.807) is 10.6 Å². The lowest BCUT2D eigenvalue weighted by molar-refractivity contribution is -0.116. The van der Waals surface area contributed by atoms with E-state index in [9.17, 15) is 14.0 Å². The number of carbonyl (C=O) groups is 2. The summed E-state index contributed by atoms with van der Waals surface area (Å²) in [7, 11) is 0. The van der Waals surface area contributed by atoms with Crippen molar-refractivity contribution in [3.63, 3.8) is 0 Å². The molecule has 30 heavy (non-hydrogen) atoms. The average Bonchev–Trinajstić information content (AvgIpc) is 3.09. The van der Waals surface area contributed by atoms with E-state index in [1.807, 2.05) is 38.1 Å². The number of amides is 2. The van der Waals surface area contributed by atoms with Crippen LogP contribution in [0.15, 0.2) is 53.7 Å². The van der Waals surface area contributed by atoms with Crippen LogP contribution in [0.3, 0.4) is 0 Å². The van der Waals surface area contributed by atoms with Crippen LogP contribution in [0.2, 0.25) is 0 Å². The molecule has 0 saturated heterocycles. The van der Waals surface area contributed by atoms with Crippen molar-refractivity contribution in [3.05, 3.63) is 65.7 Å². The molecule has 7 nitrogen and oxygen atoms in total. The molecule has 2 N–H and O–H groups in total. The van der Waals surface area contributed by atoms with Crippen molar-refractivity contribution in [2.45, 2.75) is 32.0 Å². The Kier molecular flexibility index (Phi) is 7.18. The quantitative estimate of drug-likeness (QED) is 0.536. The number of nitrogens with one attached hydrogen (secondary N) is 2. The SMILES string of the molecule is CCn1c(CC(=O)Nc2ccc(C)cc2)nnc1SCC(=O)Nc1cccc(F)c1. The van der Waals surface area contributed by atoms with E-state index in [0.29, 0.717) is 23.2 Å². The smallest absolute Gasteiger partial charge is 0.234 e. The van der Waals surface area contributed by atoms with E-state index >= 15 is 0 Å². The summed E-state index contributed by atoms with van der Waals surface area (Å²) in [5.74, 6) is -0.282. The monoisotopic (exact) mass is 427 g/mol. The third-order valence-corrected chi connectivity index (χ3v) is 5.17. The second-order valence-electron chi connectivity index (χ2n) is 6.58. The molecule has 2 amide bonds. The van der Waals surface area contributed by atoms with Crippen LogP contribution >= 0.6 is 11.8 Å². The summed E-state index contributed by atoms with van der Waals surface area (Å²) in [4.78, 5) is 24.5. The molecule has 3 aromatic rings. The van der Waals surface area contributed by atoms with Crippen LogP contribution in [-0.4, -0.2) is 32.3 Å². The summed E-state index contributed by atoms with van der Waals surface area (Å²) in [6.45, 7) is 4.46. The van der Waals surface area contributed by atoms with E-state index in [-0.39, 0.29) is 24.0 Å². The molecule has 0 bridgehead atoms. The first-order valence-electron chi connectivity index (χ1n) is 9.41. The molecule has 0 spiro atoms. The zero-order chi connectivity index (χ0) is 21.5. The van der Waals surface area contributed by atoms with Crippen molar-refractivity contribution in [3.8, 4) is 0 Å². The van der Waals surface area contributed by atoms with E-state index < -0.39 is 5.82 Å². The van der Waals surface area contributed by atoms with Gasteiger partial charge in [-0.2, -0.15) is 0 Å². The molecular weight excluding hydrogens is 405 g/mol. The number of aryl methyl sites for hydroxylation is 1. The Morgan fingerprint density at radius 3 is 2.47 bits per heavy atom. The lowest BCUT2D eigenvalue weighted by Gasteiger charge is -2.09. The topological polar surface area (TPSA) is 88.9 Å². The molecule has 0 aliphatic heterocycles. The molecule has 0 unspecified atom stereocenters. The van der Waals surface area contributed by atoms with Gasteiger partial charge in [0.05, 0.1) is 12.2 Å². The van der Waals surface area contributed by atoms with Crippen molar-refractivity contribution in [1.82, 2.24) is 14.8 Å². The van der Waals surface area contributed by atoms with Crippen LogP contribution in [-0.2, 0) is 22.6 Å². The number of carbonyl (C=O) groups excluding carboxylic acids is 2. The minimum atomic E-state index is -0.417. The number of hydrogen-bond acceptors (Lipinski definition) is 5. The molecule has 1 aromatic heterocycles. The lowest BCUT2D eigenvalue weighted by atomic mass is 10.2. The fourth-order valence-electron chi connectivity index (χ4n) is 2.75. The fraction of sp³-hybridized carbons (Fsp3) is 0.238. The van der Waals surface area contributed by atoms with Gasteiger partial charge in [0.25, 0.3) is 0 Å². The van der Waals surface area contributed by atoms with E-state index in [2.05, 4.69) is 20.8 Å². The first-order chi connectivity index (χ1) is 14.4. The maximum atomic E-state index is 13.2. The lowest BCUT2D eigenvalue weighted by Crippen LogP contribution is -2.18. The van der Waals surface area contributed by atoms with Gasteiger partial charge in [0.1, 0.15) is 11.6 Å². The van der Waals surface area contributed by atoms with Crippen LogP contribution in [0.1, 0.15) is 18.3 Å². The summed E-state index contributed by atoms with van der Waals surface area (Å²) in [5, 5.41) is 14.2. The number of hydrogen-bond donors (Lipinski definition) is 2. The Morgan fingerprint density at radius 1 is 1.03 bits per heavy atom. The fourth-order valence-corrected chi connectivity index (χ4v) is 3.57. The van der Waals surface area contributed by atoms with Gasteiger partial charge < -0.3 is 15.2 Å². The number of anilines is 2. The molecule has 9 heteroatoms. The molecule has 0 aliphatic carbocycles. The number of benzene rings is 2. The van der Waals surface area contributed by atoms with Crippen LogP contribution in [0, 0.1) is 12.7 Å². The molecule has 0 fully saturated rings. The van der Waals surface area contributed by atoms with E-state index in [4.69, 9.17) is 0 Å². The van der Waals surface area contributed by atoms with Crippen molar-refractivity contribution < 1.29 is 14.0 Å². The number of thioether (sulfide) groups is 1. The standard InChI is InChI=1S/C21H22FN5O2S/c1-3-27-18(12-19(28)23-16-9-7-14(2)8-10-16)25-26-21(27)30-13-20(29)24-17-6-4-5-15(22)11-17/h4-11H,3,12-13H2,1-2H3,(H,23,28)(H,24,29). The minimum absolute atomic E-state index is 0.0742. The van der Waals surface area contributed by atoms with Gasteiger partial charge >= 0.3 is 0 Å². The summed E-state index contributed by atoms with van der Waals surface area (Å²) in [6, 6.07) is 13.2. The Labute approximate surface area is 178 Å². The van der Waals surface area contributed by atoms with Gasteiger partial charge in [0.2, 0.25) is 11.8 Å².